The SMILES string of the molecule is CN(C)c1ccc(Cl)cc1NC(=O)/C=C/c1ccc(C(=O)NC2CC2)cc1. The fourth-order valence-corrected chi connectivity index (χ4v) is 2.76. The number of hydrogen-bond acceptors (Lipinski definition) is 3. The van der Waals surface area contributed by atoms with Crippen molar-refractivity contribution in [2.24, 2.45) is 0 Å². The van der Waals surface area contributed by atoms with E-state index in [0.717, 1.165) is 24.1 Å². The molecule has 5 nitrogen and oxygen atoms in total. The summed E-state index contributed by atoms with van der Waals surface area (Å²) in [7, 11) is 3.80. The first-order valence-electron chi connectivity index (χ1n) is 8.79. The fourth-order valence-electron chi connectivity index (χ4n) is 2.59. The third-order valence-corrected chi connectivity index (χ3v) is 4.45. The normalized spacial score (nSPS) is 13.4. The Morgan fingerprint density at radius 2 is 1.81 bits per heavy atom. The third kappa shape index (κ3) is 5.34. The van der Waals surface area contributed by atoms with Crippen LogP contribution in [0.2, 0.25) is 5.02 Å². The Kier molecular flexibility index (Phi) is 5.81. The van der Waals surface area contributed by atoms with E-state index in [9.17, 15) is 9.59 Å². The summed E-state index contributed by atoms with van der Waals surface area (Å²) in [6.07, 6.45) is 5.28. The van der Waals surface area contributed by atoms with Gasteiger partial charge in [-0.15, -0.1) is 0 Å². The van der Waals surface area contributed by atoms with Crippen molar-refractivity contribution in [3.8, 4) is 0 Å². The number of rotatable bonds is 6. The zero-order chi connectivity index (χ0) is 19.4. The number of benzene rings is 2. The van der Waals surface area contributed by atoms with Gasteiger partial charge in [-0.2, -0.15) is 0 Å². The predicted molar refractivity (Wildman–Crippen MR) is 110 cm³/mol. The molecule has 1 fully saturated rings. The molecule has 0 radical (unpaired) electrons. The molecule has 0 aliphatic heterocycles. The van der Waals surface area contributed by atoms with Crippen LogP contribution in [0.5, 0.6) is 0 Å². The standard InChI is InChI=1S/C21H22ClN3O2/c1-25(2)19-11-8-16(22)13-18(19)24-20(26)12-5-14-3-6-15(7-4-14)21(27)23-17-9-10-17/h3-8,11-13,17H,9-10H2,1-2H3,(H,23,27)(H,24,26)/b12-5+. The van der Waals surface area contributed by atoms with Crippen molar-refractivity contribution in [1.29, 1.82) is 0 Å². The summed E-state index contributed by atoms with van der Waals surface area (Å²) in [5.74, 6) is -0.307. The number of hydrogen-bond donors (Lipinski definition) is 2. The summed E-state index contributed by atoms with van der Waals surface area (Å²) in [5, 5.41) is 6.35. The molecular weight excluding hydrogens is 362 g/mol. The maximum atomic E-state index is 12.3. The van der Waals surface area contributed by atoms with E-state index in [4.69, 9.17) is 11.6 Å². The van der Waals surface area contributed by atoms with Gasteiger partial charge in [-0.25, -0.2) is 0 Å². The Bertz CT molecular complexity index is 871. The summed E-state index contributed by atoms with van der Waals surface area (Å²) in [4.78, 5) is 26.1. The molecule has 2 aromatic rings. The van der Waals surface area contributed by atoms with Crippen LogP contribution in [0.1, 0.15) is 28.8 Å². The largest absolute Gasteiger partial charge is 0.376 e. The number of amides is 2. The van der Waals surface area contributed by atoms with Crippen molar-refractivity contribution in [3.05, 3.63) is 64.7 Å². The molecule has 27 heavy (non-hydrogen) atoms. The number of carbonyl (C=O) groups is 2. The highest BCUT2D eigenvalue weighted by Crippen LogP contribution is 2.27. The predicted octanol–water partition coefficient (Wildman–Crippen LogP) is 3.95. The minimum atomic E-state index is -0.254. The van der Waals surface area contributed by atoms with Crippen LogP contribution in [0.4, 0.5) is 11.4 Å². The quantitative estimate of drug-likeness (QED) is 0.742. The molecule has 2 amide bonds. The van der Waals surface area contributed by atoms with Crippen LogP contribution in [0, 0.1) is 0 Å². The molecule has 1 saturated carbocycles. The topological polar surface area (TPSA) is 61.4 Å². The third-order valence-electron chi connectivity index (χ3n) is 4.21. The van der Waals surface area contributed by atoms with Gasteiger partial charge in [-0.3, -0.25) is 9.59 Å². The molecule has 6 heteroatoms. The molecule has 2 N–H and O–H groups in total. The van der Waals surface area contributed by atoms with Crippen molar-refractivity contribution >= 4 is 40.9 Å². The highest BCUT2D eigenvalue weighted by Gasteiger charge is 2.23. The van der Waals surface area contributed by atoms with Crippen molar-refractivity contribution in [2.45, 2.75) is 18.9 Å². The molecule has 1 aliphatic carbocycles. The molecule has 0 atom stereocenters. The highest BCUT2D eigenvalue weighted by molar-refractivity contribution is 6.31. The lowest BCUT2D eigenvalue weighted by molar-refractivity contribution is -0.111. The Morgan fingerprint density at radius 1 is 1.11 bits per heavy atom. The maximum Gasteiger partial charge on any atom is 0.251 e. The number of carbonyl (C=O) groups excluding carboxylic acids is 2. The van der Waals surface area contributed by atoms with Gasteiger partial charge < -0.3 is 15.5 Å². The van der Waals surface area contributed by atoms with Gasteiger partial charge in [0.15, 0.2) is 0 Å². The maximum absolute atomic E-state index is 12.3. The van der Waals surface area contributed by atoms with Crippen molar-refractivity contribution in [2.75, 3.05) is 24.3 Å². The van der Waals surface area contributed by atoms with Gasteiger partial charge in [0.2, 0.25) is 5.91 Å². The highest BCUT2D eigenvalue weighted by atomic mass is 35.5. The molecule has 0 spiro atoms. The van der Waals surface area contributed by atoms with E-state index in [0.29, 0.717) is 22.3 Å². The second-order valence-corrected chi connectivity index (χ2v) is 7.18. The molecule has 0 aromatic heterocycles. The molecule has 2 aromatic carbocycles. The lowest BCUT2D eigenvalue weighted by atomic mass is 10.1. The van der Waals surface area contributed by atoms with E-state index >= 15 is 0 Å². The summed E-state index contributed by atoms with van der Waals surface area (Å²) >= 11 is 6.03. The summed E-state index contributed by atoms with van der Waals surface area (Å²) < 4.78 is 0. The number of nitrogens with one attached hydrogen (secondary N) is 2. The molecule has 1 aliphatic rings. The fraction of sp³-hybridized carbons (Fsp3) is 0.238. The van der Waals surface area contributed by atoms with Gasteiger partial charge in [-0.05, 0) is 54.8 Å². The van der Waals surface area contributed by atoms with Crippen molar-refractivity contribution < 1.29 is 9.59 Å². The van der Waals surface area contributed by atoms with Crippen LogP contribution < -0.4 is 15.5 Å². The first-order chi connectivity index (χ1) is 12.9. The van der Waals surface area contributed by atoms with Crippen LogP contribution in [-0.2, 0) is 4.79 Å². The van der Waals surface area contributed by atoms with E-state index in [1.165, 1.54) is 6.08 Å². The zero-order valence-corrected chi connectivity index (χ0v) is 16.1. The van der Waals surface area contributed by atoms with E-state index in [-0.39, 0.29) is 11.8 Å². The Morgan fingerprint density at radius 3 is 2.44 bits per heavy atom. The van der Waals surface area contributed by atoms with Gasteiger partial charge in [0.1, 0.15) is 0 Å². The van der Waals surface area contributed by atoms with E-state index in [1.807, 2.05) is 37.2 Å². The summed E-state index contributed by atoms with van der Waals surface area (Å²) in [5.41, 5.74) is 2.98. The second-order valence-electron chi connectivity index (χ2n) is 6.75. The van der Waals surface area contributed by atoms with Crippen molar-refractivity contribution in [1.82, 2.24) is 5.32 Å². The van der Waals surface area contributed by atoms with Gasteiger partial charge in [-0.1, -0.05) is 23.7 Å². The minimum absolute atomic E-state index is 0.0528. The Labute approximate surface area is 164 Å². The van der Waals surface area contributed by atoms with E-state index in [1.54, 1.807) is 30.3 Å². The van der Waals surface area contributed by atoms with Crippen LogP contribution in [-0.4, -0.2) is 32.0 Å². The smallest absolute Gasteiger partial charge is 0.251 e. The van der Waals surface area contributed by atoms with Gasteiger partial charge in [0, 0.05) is 36.8 Å². The molecule has 0 heterocycles. The lowest BCUT2D eigenvalue weighted by Crippen LogP contribution is -2.25. The lowest BCUT2D eigenvalue weighted by Gasteiger charge is -2.17. The Balaban J connectivity index is 1.63. The Hall–Kier alpha value is -2.79. The summed E-state index contributed by atoms with van der Waals surface area (Å²) in [6.45, 7) is 0. The first kappa shape index (κ1) is 19.0. The van der Waals surface area contributed by atoms with Crippen LogP contribution in [0.25, 0.3) is 6.08 Å². The molecule has 0 bridgehead atoms. The van der Waals surface area contributed by atoms with Crippen LogP contribution >= 0.6 is 11.6 Å². The molecule has 140 valence electrons. The van der Waals surface area contributed by atoms with E-state index < -0.39 is 0 Å². The van der Waals surface area contributed by atoms with Gasteiger partial charge in [0.05, 0.1) is 11.4 Å². The van der Waals surface area contributed by atoms with Crippen LogP contribution in [0.15, 0.2) is 48.5 Å². The molecule has 0 unspecified atom stereocenters. The van der Waals surface area contributed by atoms with Crippen molar-refractivity contribution in [3.63, 3.8) is 0 Å². The minimum Gasteiger partial charge on any atom is -0.376 e. The van der Waals surface area contributed by atoms with Gasteiger partial charge >= 0.3 is 0 Å². The zero-order valence-electron chi connectivity index (χ0n) is 15.3. The monoisotopic (exact) mass is 383 g/mol. The molecular formula is C21H22ClN3O2. The van der Waals surface area contributed by atoms with E-state index in [2.05, 4.69) is 10.6 Å². The van der Waals surface area contributed by atoms with Crippen LogP contribution in [0.3, 0.4) is 0 Å². The average molecular weight is 384 g/mol. The molecule has 0 saturated heterocycles. The average Bonchev–Trinajstić information content (AvgIpc) is 3.44. The number of halogens is 1. The molecule has 3 rings (SSSR count). The second kappa shape index (κ2) is 8.27. The number of nitrogens with zero attached hydrogens (tertiary/aromatic N) is 1. The number of anilines is 2. The first-order valence-corrected chi connectivity index (χ1v) is 9.17. The summed E-state index contributed by atoms with van der Waals surface area (Å²) in [6, 6.07) is 12.8. The van der Waals surface area contributed by atoms with Gasteiger partial charge in [0.25, 0.3) is 5.91 Å².